The van der Waals surface area contributed by atoms with Gasteiger partial charge in [-0.2, -0.15) is 15.4 Å². The third-order valence-corrected chi connectivity index (χ3v) is 6.16. The van der Waals surface area contributed by atoms with Gasteiger partial charge in [-0.25, -0.2) is 22.0 Å². The van der Waals surface area contributed by atoms with Gasteiger partial charge in [0.25, 0.3) is 5.91 Å². The molecule has 1 heterocycles. The van der Waals surface area contributed by atoms with E-state index in [9.17, 15) is 26.7 Å². The van der Waals surface area contributed by atoms with Crippen molar-refractivity contribution in [1.29, 1.82) is 5.26 Å². The van der Waals surface area contributed by atoms with Crippen LogP contribution in [0.2, 0.25) is 0 Å². The second-order valence-corrected chi connectivity index (χ2v) is 8.57. The normalized spacial score (nSPS) is 14.2. The van der Waals surface area contributed by atoms with Gasteiger partial charge in [-0.15, -0.1) is 0 Å². The molecule has 0 bridgehead atoms. The van der Waals surface area contributed by atoms with Crippen LogP contribution in [0.3, 0.4) is 0 Å². The maximum Gasteiger partial charge on any atom is 0.280 e. The Hall–Kier alpha value is -5.04. The molecule has 0 saturated heterocycles. The highest BCUT2D eigenvalue weighted by molar-refractivity contribution is 6.32. The Balaban J connectivity index is 1.57. The van der Waals surface area contributed by atoms with E-state index >= 15 is 0 Å². The smallest absolute Gasteiger partial charge is 0.280 e. The standard InChI is InChI=1S/C29H16F5N3O2/c1-15-20(29(38)37(36-15)28-26(33)24(31)23(30)25(32)27(28)34)12-21-19-5-3-2-4-18(19)10-11-22(21)39-14-17-8-6-16(13-35)7-9-17/h2-12H,14H2,1H3/b20-12-. The minimum Gasteiger partial charge on any atom is -0.488 e. The Bertz CT molecular complexity index is 1730. The second kappa shape index (κ2) is 10.0. The van der Waals surface area contributed by atoms with Crippen molar-refractivity contribution < 1.29 is 31.5 Å². The molecule has 194 valence electrons. The summed E-state index contributed by atoms with van der Waals surface area (Å²) in [6.45, 7) is 1.50. The highest BCUT2D eigenvalue weighted by atomic mass is 19.2. The van der Waals surface area contributed by atoms with E-state index in [1.165, 1.54) is 13.0 Å². The lowest BCUT2D eigenvalue weighted by Gasteiger charge is -2.15. The van der Waals surface area contributed by atoms with Crippen LogP contribution in [0.5, 0.6) is 5.75 Å². The van der Waals surface area contributed by atoms with Crippen LogP contribution in [0.4, 0.5) is 27.6 Å². The number of nitrogens with zero attached hydrogens (tertiary/aromatic N) is 3. The lowest BCUT2D eigenvalue weighted by molar-refractivity contribution is -0.114. The number of fused-ring (bicyclic) bond motifs is 1. The summed E-state index contributed by atoms with van der Waals surface area (Å²) in [6.07, 6.45) is 1.41. The lowest BCUT2D eigenvalue weighted by atomic mass is 9.99. The number of carbonyl (C=O) groups excluding carboxylic acids is 1. The van der Waals surface area contributed by atoms with Crippen LogP contribution in [0, 0.1) is 40.4 Å². The molecule has 0 spiro atoms. The molecule has 0 aromatic heterocycles. The topological polar surface area (TPSA) is 65.7 Å². The minimum atomic E-state index is -2.34. The number of hydrogen-bond acceptors (Lipinski definition) is 4. The zero-order chi connectivity index (χ0) is 27.8. The van der Waals surface area contributed by atoms with Gasteiger partial charge in [0.2, 0.25) is 5.82 Å². The van der Waals surface area contributed by atoms with Gasteiger partial charge in [-0.05, 0) is 47.5 Å². The summed E-state index contributed by atoms with van der Waals surface area (Å²) in [5, 5.41) is 14.4. The van der Waals surface area contributed by atoms with Crippen molar-refractivity contribution in [3.8, 4) is 11.8 Å². The van der Waals surface area contributed by atoms with E-state index in [0.717, 1.165) is 10.9 Å². The van der Waals surface area contributed by atoms with E-state index < -0.39 is 40.7 Å². The predicted octanol–water partition coefficient (Wildman–Crippen LogP) is 6.79. The molecule has 0 fully saturated rings. The monoisotopic (exact) mass is 533 g/mol. The average molecular weight is 533 g/mol. The maximum atomic E-state index is 14.4. The van der Waals surface area contributed by atoms with Gasteiger partial charge in [-0.3, -0.25) is 4.79 Å². The first-order valence-electron chi connectivity index (χ1n) is 11.5. The molecule has 5 nitrogen and oxygen atoms in total. The van der Waals surface area contributed by atoms with E-state index in [4.69, 9.17) is 10.00 Å². The zero-order valence-electron chi connectivity index (χ0n) is 20.1. The Morgan fingerprint density at radius 2 is 1.54 bits per heavy atom. The largest absolute Gasteiger partial charge is 0.488 e. The third kappa shape index (κ3) is 4.48. The van der Waals surface area contributed by atoms with Crippen molar-refractivity contribution in [2.45, 2.75) is 13.5 Å². The molecule has 10 heteroatoms. The minimum absolute atomic E-state index is 0.00471. The Morgan fingerprint density at radius 3 is 2.21 bits per heavy atom. The summed E-state index contributed by atoms with van der Waals surface area (Å²) >= 11 is 0. The number of ether oxygens (including phenoxy) is 1. The molecule has 0 radical (unpaired) electrons. The molecule has 0 saturated carbocycles. The summed E-state index contributed by atoms with van der Waals surface area (Å²) in [5.74, 6) is -11.8. The third-order valence-electron chi connectivity index (χ3n) is 6.16. The quantitative estimate of drug-likeness (QED) is 0.123. The summed E-state index contributed by atoms with van der Waals surface area (Å²) in [5.41, 5.74) is 0.109. The molecule has 5 rings (SSSR count). The molecule has 4 aromatic carbocycles. The number of hydrogen-bond donors (Lipinski definition) is 0. The van der Waals surface area contributed by atoms with E-state index in [2.05, 4.69) is 5.10 Å². The Kier molecular flexibility index (Phi) is 6.58. The molecule has 0 aliphatic carbocycles. The first-order chi connectivity index (χ1) is 18.7. The van der Waals surface area contributed by atoms with E-state index in [0.29, 0.717) is 22.3 Å². The van der Waals surface area contributed by atoms with Gasteiger partial charge in [0.05, 0.1) is 22.9 Å². The van der Waals surface area contributed by atoms with Crippen molar-refractivity contribution in [3.05, 3.63) is 112 Å². The van der Waals surface area contributed by atoms with Gasteiger partial charge in [0.15, 0.2) is 23.3 Å². The fourth-order valence-corrected chi connectivity index (χ4v) is 4.15. The molecule has 39 heavy (non-hydrogen) atoms. The highest BCUT2D eigenvalue weighted by Gasteiger charge is 2.37. The van der Waals surface area contributed by atoms with Gasteiger partial charge < -0.3 is 4.74 Å². The Morgan fingerprint density at radius 1 is 0.897 bits per heavy atom. The number of hydrazone groups is 1. The summed E-state index contributed by atoms with van der Waals surface area (Å²) in [4.78, 5) is 13.2. The van der Waals surface area contributed by atoms with Crippen molar-refractivity contribution in [3.63, 3.8) is 0 Å². The maximum absolute atomic E-state index is 14.4. The SMILES string of the molecule is CC1=NN(c2c(F)c(F)c(F)c(F)c2F)C(=O)/C1=C\c1c(OCc2ccc(C#N)cc2)ccc2ccccc12. The van der Waals surface area contributed by atoms with Crippen LogP contribution in [-0.2, 0) is 11.4 Å². The number of benzene rings is 4. The van der Waals surface area contributed by atoms with Crippen LogP contribution in [0.25, 0.3) is 16.8 Å². The number of rotatable bonds is 5. The number of anilines is 1. The van der Waals surface area contributed by atoms with Gasteiger partial charge >= 0.3 is 0 Å². The second-order valence-electron chi connectivity index (χ2n) is 8.57. The molecule has 0 N–H and O–H groups in total. The van der Waals surface area contributed by atoms with E-state index in [-0.39, 0.29) is 22.9 Å². The fourth-order valence-electron chi connectivity index (χ4n) is 4.15. The van der Waals surface area contributed by atoms with Crippen molar-refractivity contribution >= 4 is 34.2 Å². The van der Waals surface area contributed by atoms with Crippen molar-refractivity contribution in [2.75, 3.05) is 5.01 Å². The summed E-state index contributed by atoms with van der Waals surface area (Å²) in [6, 6.07) is 19.5. The molecular weight excluding hydrogens is 517 g/mol. The number of amides is 1. The van der Waals surface area contributed by atoms with Gasteiger partial charge in [-0.1, -0.05) is 42.5 Å². The number of carbonyl (C=O) groups is 1. The molecule has 1 amide bonds. The van der Waals surface area contributed by atoms with Crippen LogP contribution in [0.1, 0.15) is 23.6 Å². The summed E-state index contributed by atoms with van der Waals surface area (Å²) in [7, 11) is 0. The molecule has 0 atom stereocenters. The highest BCUT2D eigenvalue weighted by Crippen LogP contribution is 2.36. The van der Waals surface area contributed by atoms with Crippen LogP contribution < -0.4 is 9.75 Å². The van der Waals surface area contributed by atoms with Crippen LogP contribution in [-0.4, -0.2) is 11.6 Å². The first-order valence-corrected chi connectivity index (χ1v) is 11.5. The van der Waals surface area contributed by atoms with Gasteiger partial charge in [0, 0.05) is 5.56 Å². The molecule has 1 aliphatic rings. The zero-order valence-corrected chi connectivity index (χ0v) is 20.1. The van der Waals surface area contributed by atoms with Crippen LogP contribution in [0.15, 0.2) is 71.3 Å². The average Bonchev–Trinajstić information content (AvgIpc) is 3.23. The first kappa shape index (κ1) is 25.6. The van der Waals surface area contributed by atoms with Crippen LogP contribution >= 0.6 is 0 Å². The van der Waals surface area contributed by atoms with E-state index in [1.807, 2.05) is 24.3 Å². The fraction of sp³-hybridized carbons (Fsp3) is 0.0690. The van der Waals surface area contributed by atoms with Crippen molar-refractivity contribution in [1.82, 2.24) is 0 Å². The van der Waals surface area contributed by atoms with E-state index in [1.54, 1.807) is 42.5 Å². The predicted molar refractivity (Wildman–Crippen MR) is 134 cm³/mol. The molecule has 1 aliphatic heterocycles. The molecule has 0 unspecified atom stereocenters. The number of halogens is 5. The molecule has 4 aromatic rings. The van der Waals surface area contributed by atoms with Crippen molar-refractivity contribution in [2.24, 2.45) is 5.10 Å². The lowest BCUT2D eigenvalue weighted by Crippen LogP contribution is -2.25. The summed E-state index contributed by atoms with van der Waals surface area (Å²) < 4.78 is 76.1. The molecular formula is C29H16F5N3O2. The van der Waals surface area contributed by atoms with Gasteiger partial charge in [0.1, 0.15) is 18.0 Å². The Labute approximate surface area is 218 Å². The number of nitriles is 1.